The van der Waals surface area contributed by atoms with Crippen LogP contribution in [-0.2, 0) is 11.2 Å². The Labute approximate surface area is 168 Å². The summed E-state index contributed by atoms with van der Waals surface area (Å²) in [5.74, 6) is -2.79. The molecular weight excluding hydrogens is 386 g/mol. The van der Waals surface area contributed by atoms with E-state index in [-0.39, 0.29) is 12.0 Å². The first kappa shape index (κ1) is 24.1. The molecule has 1 rings (SSSR count). The van der Waals surface area contributed by atoms with Crippen molar-refractivity contribution in [3.05, 3.63) is 35.4 Å². The first-order chi connectivity index (χ1) is 13.7. The number of nitrogens with two attached hydrogens (primary N) is 1. The summed E-state index contributed by atoms with van der Waals surface area (Å²) in [6.07, 6.45) is 2.33. The highest BCUT2D eigenvalue weighted by molar-refractivity contribution is 5.89. The Bertz CT molecular complexity index is 717. The van der Waals surface area contributed by atoms with Gasteiger partial charge in [-0.2, -0.15) is 0 Å². The maximum atomic E-state index is 13.9. The van der Waals surface area contributed by atoms with E-state index < -0.39 is 35.2 Å². The number of urea groups is 1. The molecule has 0 aliphatic heterocycles. The van der Waals surface area contributed by atoms with Gasteiger partial charge in [0, 0.05) is 19.5 Å². The molecule has 10 heteroatoms. The van der Waals surface area contributed by atoms with Crippen LogP contribution in [0.4, 0.5) is 18.4 Å². The third-order valence-corrected chi connectivity index (χ3v) is 4.40. The van der Waals surface area contributed by atoms with Crippen LogP contribution in [0.1, 0.15) is 44.6 Å². The third kappa shape index (κ3) is 8.75. The molecule has 1 unspecified atom stereocenters. The Morgan fingerprint density at radius 3 is 2.21 bits per heavy atom. The molecule has 1 aromatic rings. The van der Waals surface area contributed by atoms with E-state index in [0.717, 1.165) is 31.7 Å². The maximum Gasteiger partial charge on any atom is 0.405 e. The number of nitrogens with one attached hydrogen (secondary N) is 3. The monoisotopic (exact) mass is 414 g/mol. The molecule has 0 bridgehead atoms. The number of hydrogen-bond donors (Lipinski definition) is 5. The number of halogens is 2. The summed E-state index contributed by atoms with van der Waals surface area (Å²) in [4.78, 5) is 34.2. The van der Waals surface area contributed by atoms with E-state index in [9.17, 15) is 23.2 Å². The van der Waals surface area contributed by atoms with Gasteiger partial charge in [-0.15, -0.1) is 0 Å². The topological polar surface area (TPSA) is 134 Å². The molecule has 0 aromatic heterocycles. The Hall–Kier alpha value is -2.91. The standard InChI is InChI=1S/C19H28F2N4O4/c1-19(25-18(28)29,12-13-8-7-9-14(20)15(13)21)16(26)23-10-5-3-2-4-6-11-24-17(22)27/h7-9,25H,2-6,10-12H2,1H3,(H,23,26)(H,28,29)(H3,22,24,27). The Morgan fingerprint density at radius 1 is 1.03 bits per heavy atom. The van der Waals surface area contributed by atoms with Crippen LogP contribution in [0, 0.1) is 11.6 Å². The molecule has 8 nitrogen and oxygen atoms in total. The molecule has 0 heterocycles. The van der Waals surface area contributed by atoms with Gasteiger partial charge in [0.25, 0.3) is 0 Å². The molecular formula is C19H28F2N4O4. The molecule has 0 spiro atoms. The van der Waals surface area contributed by atoms with Crippen LogP contribution in [0.25, 0.3) is 0 Å². The second kappa shape index (κ2) is 11.8. The van der Waals surface area contributed by atoms with Gasteiger partial charge in [-0.05, 0) is 31.4 Å². The summed E-state index contributed by atoms with van der Waals surface area (Å²) in [6, 6.07) is 3.00. The van der Waals surface area contributed by atoms with Crippen molar-refractivity contribution < 1.29 is 28.3 Å². The highest BCUT2D eigenvalue weighted by atomic mass is 19.2. The smallest absolute Gasteiger partial charge is 0.405 e. The van der Waals surface area contributed by atoms with Crippen molar-refractivity contribution in [1.29, 1.82) is 0 Å². The predicted molar refractivity (Wildman–Crippen MR) is 103 cm³/mol. The average molecular weight is 414 g/mol. The van der Waals surface area contributed by atoms with Gasteiger partial charge in [-0.25, -0.2) is 18.4 Å². The van der Waals surface area contributed by atoms with Crippen molar-refractivity contribution in [2.45, 2.75) is 51.0 Å². The third-order valence-electron chi connectivity index (χ3n) is 4.40. The Balaban J connectivity index is 2.49. The summed E-state index contributed by atoms with van der Waals surface area (Å²) in [5.41, 5.74) is 3.21. The van der Waals surface area contributed by atoms with Crippen LogP contribution in [0.15, 0.2) is 18.2 Å². The van der Waals surface area contributed by atoms with E-state index in [4.69, 9.17) is 10.8 Å². The highest BCUT2D eigenvalue weighted by Crippen LogP contribution is 2.19. The molecule has 4 amide bonds. The van der Waals surface area contributed by atoms with Crippen LogP contribution in [0.2, 0.25) is 0 Å². The molecule has 29 heavy (non-hydrogen) atoms. The van der Waals surface area contributed by atoms with Gasteiger partial charge < -0.3 is 26.8 Å². The van der Waals surface area contributed by atoms with Crippen molar-refractivity contribution in [3.8, 4) is 0 Å². The van der Waals surface area contributed by atoms with Gasteiger partial charge in [0.15, 0.2) is 11.6 Å². The van der Waals surface area contributed by atoms with E-state index in [1.54, 1.807) is 0 Å². The van der Waals surface area contributed by atoms with Crippen LogP contribution in [0.3, 0.4) is 0 Å². The number of amides is 4. The SMILES string of the molecule is CC(Cc1cccc(F)c1F)(NC(=O)O)C(=O)NCCCCCCCNC(N)=O. The quantitative estimate of drug-likeness (QED) is 0.336. The molecule has 1 aromatic carbocycles. The van der Waals surface area contributed by atoms with E-state index >= 15 is 0 Å². The van der Waals surface area contributed by atoms with Crippen LogP contribution >= 0.6 is 0 Å². The fraction of sp³-hybridized carbons (Fsp3) is 0.526. The van der Waals surface area contributed by atoms with Crippen LogP contribution in [-0.4, -0.2) is 41.8 Å². The molecule has 6 N–H and O–H groups in total. The van der Waals surface area contributed by atoms with Crippen LogP contribution in [0.5, 0.6) is 0 Å². The lowest BCUT2D eigenvalue weighted by molar-refractivity contribution is -0.126. The van der Waals surface area contributed by atoms with E-state index in [1.807, 2.05) is 0 Å². The fourth-order valence-electron chi connectivity index (χ4n) is 2.87. The molecule has 0 saturated heterocycles. The lowest BCUT2D eigenvalue weighted by Crippen LogP contribution is -2.58. The van der Waals surface area contributed by atoms with Gasteiger partial charge in [-0.3, -0.25) is 4.79 Å². The summed E-state index contributed by atoms with van der Waals surface area (Å²) in [7, 11) is 0. The highest BCUT2D eigenvalue weighted by Gasteiger charge is 2.36. The molecule has 162 valence electrons. The number of unbranched alkanes of at least 4 members (excludes halogenated alkanes) is 4. The lowest BCUT2D eigenvalue weighted by Gasteiger charge is -2.28. The van der Waals surface area contributed by atoms with Gasteiger partial charge in [0.1, 0.15) is 5.54 Å². The molecule has 0 fully saturated rings. The molecule has 0 saturated carbocycles. The molecule has 0 aliphatic rings. The maximum absolute atomic E-state index is 13.9. The van der Waals surface area contributed by atoms with Gasteiger partial charge in [-0.1, -0.05) is 31.4 Å². The van der Waals surface area contributed by atoms with Gasteiger partial charge in [0.05, 0.1) is 0 Å². The largest absolute Gasteiger partial charge is 0.465 e. The minimum atomic E-state index is -1.65. The Kier molecular flexibility index (Phi) is 9.84. The number of primary amides is 1. The Morgan fingerprint density at radius 2 is 1.62 bits per heavy atom. The van der Waals surface area contributed by atoms with Crippen LogP contribution < -0.4 is 21.7 Å². The zero-order valence-electron chi connectivity index (χ0n) is 16.4. The molecule has 0 aliphatic carbocycles. The number of hydrogen-bond acceptors (Lipinski definition) is 3. The predicted octanol–water partition coefficient (Wildman–Crippen LogP) is 2.27. The minimum Gasteiger partial charge on any atom is -0.465 e. The summed E-state index contributed by atoms with van der Waals surface area (Å²) in [5, 5.41) is 16.3. The van der Waals surface area contributed by atoms with Crippen molar-refractivity contribution in [1.82, 2.24) is 16.0 Å². The van der Waals surface area contributed by atoms with Crippen molar-refractivity contribution in [2.24, 2.45) is 5.73 Å². The fourth-order valence-corrected chi connectivity index (χ4v) is 2.87. The zero-order chi connectivity index (χ0) is 21.9. The lowest BCUT2D eigenvalue weighted by atomic mass is 9.91. The first-order valence-corrected chi connectivity index (χ1v) is 9.41. The minimum absolute atomic E-state index is 0.0963. The van der Waals surface area contributed by atoms with E-state index in [2.05, 4.69) is 16.0 Å². The second-order valence-corrected chi connectivity index (χ2v) is 6.97. The first-order valence-electron chi connectivity index (χ1n) is 9.41. The number of rotatable bonds is 12. The molecule has 1 atom stereocenters. The summed E-state index contributed by atoms with van der Waals surface area (Å²) in [6.45, 7) is 2.16. The number of carbonyl (C=O) groups excluding carboxylic acids is 2. The van der Waals surface area contributed by atoms with Crippen molar-refractivity contribution in [2.75, 3.05) is 13.1 Å². The molecule has 0 radical (unpaired) electrons. The normalized spacial score (nSPS) is 12.7. The van der Waals surface area contributed by atoms with E-state index in [1.165, 1.54) is 19.1 Å². The zero-order valence-corrected chi connectivity index (χ0v) is 16.4. The second-order valence-electron chi connectivity index (χ2n) is 6.97. The summed E-state index contributed by atoms with van der Waals surface area (Å²) >= 11 is 0. The van der Waals surface area contributed by atoms with E-state index in [0.29, 0.717) is 19.5 Å². The van der Waals surface area contributed by atoms with Crippen molar-refractivity contribution >= 4 is 18.0 Å². The van der Waals surface area contributed by atoms with Gasteiger partial charge >= 0.3 is 12.1 Å². The van der Waals surface area contributed by atoms with Crippen molar-refractivity contribution in [3.63, 3.8) is 0 Å². The number of carbonyl (C=O) groups is 3. The number of benzene rings is 1. The number of carboxylic acid groups (broad SMARTS) is 1. The average Bonchev–Trinajstić information content (AvgIpc) is 2.63. The van der Waals surface area contributed by atoms with Gasteiger partial charge in [0.2, 0.25) is 5.91 Å². The summed E-state index contributed by atoms with van der Waals surface area (Å²) < 4.78 is 27.4.